The lowest BCUT2D eigenvalue weighted by Crippen LogP contribution is -2.20. The summed E-state index contributed by atoms with van der Waals surface area (Å²) in [5.74, 6) is -0.479. The Balaban J connectivity index is 1.95. The number of nitrogens with zero attached hydrogens (tertiary/aromatic N) is 1. The van der Waals surface area contributed by atoms with Gasteiger partial charge in [-0.3, -0.25) is 9.59 Å². The average molecular weight is 361 g/mol. The van der Waals surface area contributed by atoms with E-state index in [0.29, 0.717) is 21.6 Å². The number of hydrogen-bond acceptors (Lipinski definition) is 4. The molecule has 0 fully saturated rings. The Kier molecular flexibility index (Phi) is 3.81. The molecule has 3 aromatic rings. The van der Waals surface area contributed by atoms with Crippen molar-refractivity contribution < 1.29 is 13.8 Å². The van der Waals surface area contributed by atoms with Crippen molar-refractivity contribution in [1.29, 1.82) is 0 Å². The van der Waals surface area contributed by atoms with Gasteiger partial charge in [-0.25, -0.2) is 4.21 Å². The number of carbonyl (C=O) groups is 2. The fourth-order valence-corrected chi connectivity index (χ4v) is 4.41. The first kappa shape index (κ1) is 16.4. The molecule has 4 rings (SSSR count). The number of hydrogen-bond donors (Lipinski definition) is 0. The van der Waals surface area contributed by atoms with Crippen molar-refractivity contribution in [3.8, 4) is 0 Å². The van der Waals surface area contributed by atoms with Gasteiger partial charge in [-0.15, -0.1) is 0 Å². The molecule has 26 heavy (non-hydrogen) atoms. The first-order valence-corrected chi connectivity index (χ1v) is 10.00. The molecular formula is C21H15NO3S. The van der Waals surface area contributed by atoms with Gasteiger partial charge in [-0.1, -0.05) is 54.6 Å². The molecule has 1 atom stereocenters. The third kappa shape index (κ3) is 2.57. The number of fused-ring (bicyclic) bond motifs is 2. The summed E-state index contributed by atoms with van der Waals surface area (Å²) < 4.78 is 17.5. The predicted molar refractivity (Wildman–Crippen MR) is 101 cm³/mol. The van der Waals surface area contributed by atoms with Crippen LogP contribution in [-0.2, 0) is 9.73 Å². The largest absolute Gasteiger partial charge is 0.289 e. The van der Waals surface area contributed by atoms with E-state index in [1.807, 2.05) is 6.07 Å². The van der Waals surface area contributed by atoms with Crippen LogP contribution in [0.5, 0.6) is 0 Å². The molecule has 3 aromatic carbocycles. The Hall–Kier alpha value is -3.05. The van der Waals surface area contributed by atoms with Crippen LogP contribution in [0.2, 0.25) is 0 Å². The maximum atomic E-state index is 13.1. The molecule has 0 saturated heterocycles. The summed E-state index contributed by atoms with van der Waals surface area (Å²) in [6.07, 6.45) is 1.53. The van der Waals surface area contributed by atoms with E-state index in [1.54, 1.807) is 66.7 Å². The van der Waals surface area contributed by atoms with Crippen molar-refractivity contribution >= 4 is 27.0 Å². The Labute approximate surface area is 151 Å². The van der Waals surface area contributed by atoms with Crippen molar-refractivity contribution in [2.75, 3.05) is 6.26 Å². The smallest absolute Gasteiger partial charge is 0.196 e. The van der Waals surface area contributed by atoms with E-state index in [2.05, 4.69) is 4.36 Å². The topological polar surface area (TPSA) is 63.6 Å². The molecule has 1 aliphatic carbocycles. The minimum Gasteiger partial charge on any atom is -0.289 e. The Bertz CT molecular complexity index is 1170. The molecule has 128 valence electrons. The second-order valence-electron chi connectivity index (χ2n) is 6.11. The second kappa shape index (κ2) is 6.04. The zero-order valence-corrected chi connectivity index (χ0v) is 14.8. The maximum Gasteiger partial charge on any atom is 0.196 e. The Morgan fingerprint density at radius 3 is 1.96 bits per heavy atom. The van der Waals surface area contributed by atoms with Crippen molar-refractivity contribution in [2.24, 2.45) is 4.36 Å². The molecule has 0 heterocycles. The van der Waals surface area contributed by atoms with E-state index < -0.39 is 9.73 Å². The second-order valence-corrected chi connectivity index (χ2v) is 8.37. The Morgan fingerprint density at radius 1 is 0.692 bits per heavy atom. The highest BCUT2D eigenvalue weighted by atomic mass is 32.2. The van der Waals surface area contributed by atoms with Gasteiger partial charge in [-0.2, -0.15) is 4.36 Å². The highest BCUT2D eigenvalue weighted by molar-refractivity contribution is 7.93. The molecule has 0 aromatic heterocycles. The molecule has 0 saturated carbocycles. The average Bonchev–Trinajstić information content (AvgIpc) is 2.66. The van der Waals surface area contributed by atoms with Gasteiger partial charge in [0.15, 0.2) is 11.6 Å². The zero-order valence-electron chi connectivity index (χ0n) is 14.0. The third-order valence-corrected chi connectivity index (χ3v) is 6.08. The van der Waals surface area contributed by atoms with Crippen LogP contribution in [0.1, 0.15) is 31.8 Å². The first-order chi connectivity index (χ1) is 12.5. The van der Waals surface area contributed by atoms with Crippen LogP contribution in [0.3, 0.4) is 0 Å². The number of carbonyl (C=O) groups excluding carboxylic acids is 2. The fraction of sp³-hybridized carbons (Fsp3) is 0.0476. The molecule has 0 N–H and O–H groups in total. The predicted octanol–water partition coefficient (Wildman–Crippen LogP) is 4.25. The minimum atomic E-state index is -2.75. The number of benzene rings is 3. The van der Waals surface area contributed by atoms with Crippen LogP contribution >= 0.6 is 0 Å². The quantitative estimate of drug-likeness (QED) is 0.536. The molecule has 0 spiro atoms. The molecular weight excluding hydrogens is 346 g/mol. The van der Waals surface area contributed by atoms with Crippen LogP contribution in [0.25, 0.3) is 0 Å². The molecule has 0 radical (unpaired) electrons. The van der Waals surface area contributed by atoms with E-state index in [1.165, 1.54) is 6.26 Å². The minimum absolute atomic E-state index is 0.213. The lowest BCUT2D eigenvalue weighted by molar-refractivity contribution is 0.0979. The number of rotatable bonds is 2. The van der Waals surface area contributed by atoms with Crippen LogP contribution in [0, 0.1) is 0 Å². The molecule has 0 aliphatic heterocycles. The summed E-state index contributed by atoms with van der Waals surface area (Å²) in [7, 11) is -2.75. The summed E-state index contributed by atoms with van der Waals surface area (Å²) in [6.45, 7) is 0. The van der Waals surface area contributed by atoms with Crippen LogP contribution in [0.15, 0.2) is 82.1 Å². The van der Waals surface area contributed by atoms with Crippen molar-refractivity contribution in [2.45, 2.75) is 4.90 Å². The first-order valence-electron chi connectivity index (χ1n) is 8.08. The van der Waals surface area contributed by atoms with Gasteiger partial charge in [0.05, 0.1) is 21.0 Å². The summed E-state index contributed by atoms with van der Waals surface area (Å²) in [6, 6.07) is 20.5. The normalized spacial score (nSPS) is 15.0. The summed E-state index contributed by atoms with van der Waals surface area (Å²) >= 11 is 0. The van der Waals surface area contributed by atoms with E-state index in [0.717, 1.165) is 0 Å². The molecule has 0 amide bonds. The van der Waals surface area contributed by atoms with Crippen molar-refractivity contribution in [3.63, 3.8) is 0 Å². The van der Waals surface area contributed by atoms with Gasteiger partial charge in [0.1, 0.15) is 0 Å². The van der Waals surface area contributed by atoms with Gasteiger partial charge in [-0.05, 0) is 18.2 Å². The maximum absolute atomic E-state index is 13.1. The summed E-state index contributed by atoms with van der Waals surface area (Å²) in [5, 5.41) is 0. The van der Waals surface area contributed by atoms with Crippen LogP contribution < -0.4 is 0 Å². The highest BCUT2D eigenvalue weighted by Crippen LogP contribution is 2.34. The SMILES string of the molecule is CS(=O)(=Nc1cccc2c1C(=O)c1ccccc1C2=O)c1ccccc1. The summed E-state index contributed by atoms with van der Waals surface area (Å²) in [4.78, 5) is 26.3. The standard InChI is InChI=1S/C21H15NO3S/c1-26(25,14-8-3-2-4-9-14)22-18-13-7-12-17-19(18)21(24)16-11-6-5-10-15(16)20(17)23/h2-13H,1H3. The third-order valence-electron chi connectivity index (χ3n) is 4.38. The Morgan fingerprint density at radius 2 is 1.27 bits per heavy atom. The highest BCUT2D eigenvalue weighted by Gasteiger charge is 2.31. The monoisotopic (exact) mass is 361 g/mol. The van der Waals surface area contributed by atoms with E-state index in [4.69, 9.17) is 0 Å². The molecule has 4 nitrogen and oxygen atoms in total. The van der Waals surface area contributed by atoms with Gasteiger partial charge >= 0.3 is 0 Å². The summed E-state index contributed by atoms with van der Waals surface area (Å²) in [5.41, 5.74) is 1.56. The van der Waals surface area contributed by atoms with Gasteiger partial charge < -0.3 is 0 Å². The molecule has 0 bridgehead atoms. The van der Waals surface area contributed by atoms with Crippen molar-refractivity contribution in [3.05, 3.63) is 95.1 Å². The lowest BCUT2D eigenvalue weighted by Gasteiger charge is -2.18. The van der Waals surface area contributed by atoms with Gasteiger partial charge in [0, 0.05) is 27.8 Å². The molecule has 1 aliphatic rings. The van der Waals surface area contributed by atoms with Crippen molar-refractivity contribution in [1.82, 2.24) is 0 Å². The van der Waals surface area contributed by atoms with Crippen LogP contribution in [0.4, 0.5) is 5.69 Å². The van der Waals surface area contributed by atoms with E-state index in [-0.39, 0.29) is 22.8 Å². The van der Waals surface area contributed by atoms with E-state index in [9.17, 15) is 13.8 Å². The van der Waals surface area contributed by atoms with Gasteiger partial charge in [0.2, 0.25) is 0 Å². The molecule has 1 unspecified atom stereocenters. The van der Waals surface area contributed by atoms with Gasteiger partial charge in [0.25, 0.3) is 0 Å². The van der Waals surface area contributed by atoms with Crippen LogP contribution in [-0.4, -0.2) is 22.0 Å². The lowest BCUT2D eigenvalue weighted by atomic mass is 9.83. The zero-order chi connectivity index (χ0) is 18.3. The fourth-order valence-electron chi connectivity index (χ4n) is 3.12. The van der Waals surface area contributed by atoms with E-state index >= 15 is 0 Å². The number of ketones is 2. The molecule has 5 heteroatoms.